The Hall–Kier alpha value is -2.02. The molecule has 0 atom stereocenters. The van der Waals surface area contributed by atoms with Crippen LogP contribution in [0.3, 0.4) is 0 Å². The van der Waals surface area contributed by atoms with Gasteiger partial charge in [0.05, 0.1) is 17.1 Å². The van der Waals surface area contributed by atoms with Crippen LogP contribution in [0.2, 0.25) is 0 Å². The second-order valence-electron chi connectivity index (χ2n) is 3.37. The third-order valence-electron chi connectivity index (χ3n) is 2.12. The fraction of sp³-hybridized carbons (Fsp3) is 0.100. The van der Waals surface area contributed by atoms with Crippen molar-refractivity contribution in [3.8, 4) is 0 Å². The molecule has 1 aromatic heterocycles. The Kier molecular flexibility index (Phi) is 3.01. The van der Waals surface area contributed by atoms with Gasteiger partial charge in [0.25, 0.3) is 5.91 Å². The molecule has 0 radical (unpaired) electrons. The number of hydrogen-bond acceptors (Lipinski definition) is 5. The van der Waals surface area contributed by atoms with Crippen LogP contribution in [-0.4, -0.2) is 15.5 Å². The number of anilines is 2. The molecule has 0 spiro atoms. The lowest BCUT2D eigenvalue weighted by molar-refractivity contribution is 0.103. The third-order valence-corrected chi connectivity index (χ3v) is 2.95. The van der Waals surface area contributed by atoms with Gasteiger partial charge in [-0.1, -0.05) is 4.49 Å². The number of aromatic nitrogens is 2. The van der Waals surface area contributed by atoms with Gasteiger partial charge in [-0.3, -0.25) is 4.79 Å². The number of carbonyl (C=O) groups is 1. The normalized spacial score (nSPS) is 10.2. The van der Waals surface area contributed by atoms with Crippen LogP contribution in [0.4, 0.5) is 15.8 Å². The molecule has 3 N–H and O–H groups in total. The lowest BCUT2D eigenvalue weighted by Crippen LogP contribution is -2.13. The average molecular weight is 252 g/mol. The minimum atomic E-state index is -0.464. The molecule has 0 saturated carbocycles. The van der Waals surface area contributed by atoms with Gasteiger partial charge in [0.1, 0.15) is 10.7 Å². The summed E-state index contributed by atoms with van der Waals surface area (Å²) in [5.74, 6) is -0.858. The van der Waals surface area contributed by atoms with Crippen molar-refractivity contribution in [3.05, 3.63) is 34.6 Å². The minimum Gasteiger partial charge on any atom is -0.397 e. The Bertz CT molecular complexity index is 569. The summed E-state index contributed by atoms with van der Waals surface area (Å²) in [6.45, 7) is 1.67. The van der Waals surface area contributed by atoms with Crippen molar-refractivity contribution in [1.29, 1.82) is 0 Å². The highest BCUT2D eigenvalue weighted by atomic mass is 32.1. The predicted molar refractivity (Wildman–Crippen MR) is 63.4 cm³/mol. The summed E-state index contributed by atoms with van der Waals surface area (Å²) in [6, 6.07) is 3.78. The molecule has 0 aliphatic carbocycles. The first kappa shape index (κ1) is 11.5. The number of nitrogens with zero attached hydrogens (tertiary/aromatic N) is 2. The van der Waals surface area contributed by atoms with E-state index in [0.717, 1.165) is 17.6 Å². The molecule has 7 heteroatoms. The summed E-state index contributed by atoms with van der Waals surface area (Å²) < 4.78 is 16.6. The number of amides is 1. The quantitative estimate of drug-likeness (QED) is 0.799. The van der Waals surface area contributed by atoms with E-state index in [2.05, 4.69) is 14.9 Å². The number of hydrogen-bond donors (Lipinski definition) is 2. The predicted octanol–water partition coefficient (Wildman–Crippen LogP) is 1.82. The molecule has 1 aromatic carbocycles. The topological polar surface area (TPSA) is 80.9 Å². The van der Waals surface area contributed by atoms with Crippen LogP contribution >= 0.6 is 11.5 Å². The summed E-state index contributed by atoms with van der Waals surface area (Å²) in [6.07, 6.45) is 0. The van der Waals surface area contributed by atoms with Crippen molar-refractivity contribution in [2.75, 3.05) is 11.1 Å². The second kappa shape index (κ2) is 4.46. The van der Waals surface area contributed by atoms with Crippen LogP contribution < -0.4 is 11.1 Å². The van der Waals surface area contributed by atoms with Gasteiger partial charge in [0.2, 0.25) is 0 Å². The van der Waals surface area contributed by atoms with E-state index < -0.39 is 11.7 Å². The molecule has 0 aliphatic rings. The molecule has 5 nitrogen and oxygen atoms in total. The van der Waals surface area contributed by atoms with Crippen molar-refractivity contribution in [3.63, 3.8) is 0 Å². The lowest BCUT2D eigenvalue weighted by atomic mass is 10.2. The molecule has 1 heterocycles. The van der Waals surface area contributed by atoms with Crippen LogP contribution in [-0.2, 0) is 0 Å². The molecule has 2 aromatic rings. The summed E-state index contributed by atoms with van der Waals surface area (Å²) in [5.41, 5.74) is 6.69. The molecule has 0 aliphatic heterocycles. The largest absolute Gasteiger partial charge is 0.397 e. The van der Waals surface area contributed by atoms with E-state index in [-0.39, 0.29) is 5.69 Å². The molecule has 0 unspecified atom stereocenters. The highest BCUT2D eigenvalue weighted by Crippen LogP contribution is 2.21. The zero-order valence-corrected chi connectivity index (χ0v) is 9.71. The van der Waals surface area contributed by atoms with E-state index in [1.165, 1.54) is 12.1 Å². The fourth-order valence-electron chi connectivity index (χ4n) is 1.26. The van der Waals surface area contributed by atoms with Crippen molar-refractivity contribution >= 4 is 28.8 Å². The number of nitrogens with one attached hydrogen (secondary N) is 1. The summed E-state index contributed by atoms with van der Waals surface area (Å²) in [5, 5.41) is 6.24. The van der Waals surface area contributed by atoms with Crippen molar-refractivity contribution in [1.82, 2.24) is 9.59 Å². The maximum absolute atomic E-state index is 13.0. The molecule has 0 fully saturated rings. The van der Waals surface area contributed by atoms with Gasteiger partial charge in [-0.05, 0) is 36.7 Å². The highest BCUT2D eigenvalue weighted by molar-refractivity contribution is 7.08. The van der Waals surface area contributed by atoms with Crippen LogP contribution in [0.15, 0.2) is 18.2 Å². The van der Waals surface area contributed by atoms with Gasteiger partial charge in [-0.2, -0.15) is 0 Å². The van der Waals surface area contributed by atoms with Gasteiger partial charge in [0.15, 0.2) is 0 Å². The first-order valence-electron chi connectivity index (χ1n) is 4.73. The third kappa shape index (κ3) is 2.39. The lowest BCUT2D eigenvalue weighted by Gasteiger charge is -2.06. The van der Waals surface area contributed by atoms with Gasteiger partial charge in [-0.25, -0.2) is 4.39 Å². The van der Waals surface area contributed by atoms with Crippen molar-refractivity contribution < 1.29 is 9.18 Å². The fourth-order valence-corrected chi connectivity index (χ4v) is 1.81. The van der Waals surface area contributed by atoms with Gasteiger partial charge in [-0.15, -0.1) is 5.10 Å². The van der Waals surface area contributed by atoms with E-state index in [4.69, 9.17) is 5.73 Å². The summed E-state index contributed by atoms with van der Waals surface area (Å²) in [4.78, 5) is 12.2. The monoisotopic (exact) mass is 252 g/mol. The molecule has 88 valence electrons. The van der Waals surface area contributed by atoms with Crippen LogP contribution in [0.1, 0.15) is 15.4 Å². The molecule has 0 bridgehead atoms. The smallest absolute Gasteiger partial charge is 0.269 e. The Labute approximate surface area is 101 Å². The molecule has 2 rings (SSSR count). The zero-order valence-electron chi connectivity index (χ0n) is 8.90. The number of benzene rings is 1. The summed E-state index contributed by atoms with van der Waals surface area (Å²) >= 11 is 0.979. The number of carbonyl (C=O) groups excluding carboxylic acids is 1. The van der Waals surface area contributed by atoms with Gasteiger partial charge < -0.3 is 11.1 Å². The van der Waals surface area contributed by atoms with E-state index in [0.29, 0.717) is 16.3 Å². The number of nitrogens with two attached hydrogens (primary N) is 1. The van der Waals surface area contributed by atoms with Crippen molar-refractivity contribution in [2.45, 2.75) is 6.92 Å². The Morgan fingerprint density at radius 2 is 2.29 bits per heavy atom. The summed E-state index contributed by atoms with van der Waals surface area (Å²) in [7, 11) is 0. The number of halogens is 1. The van der Waals surface area contributed by atoms with E-state index in [1.807, 2.05) is 0 Å². The molecule has 0 saturated heterocycles. The SMILES string of the molecule is Cc1nnsc1C(=O)Nc1cc(F)ccc1N. The van der Waals surface area contributed by atoms with Gasteiger partial charge in [0, 0.05) is 0 Å². The first-order valence-corrected chi connectivity index (χ1v) is 5.50. The maximum atomic E-state index is 13.0. The first-order chi connectivity index (χ1) is 8.08. The van der Waals surface area contributed by atoms with Gasteiger partial charge >= 0.3 is 0 Å². The van der Waals surface area contributed by atoms with Crippen molar-refractivity contribution in [2.24, 2.45) is 0 Å². The average Bonchev–Trinajstić information content (AvgIpc) is 2.70. The number of nitrogen functional groups attached to an aromatic ring is 1. The maximum Gasteiger partial charge on any atom is 0.269 e. The Morgan fingerprint density at radius 3 is 2.94 bits per heavy atom. The second-order valence-corrected chi connectivity index (χ2v) is 4.13. The Balaban J connectivity index is 2.24. The number of aryl methyl sites for hydroxylation is 1. The van der Waals surface area contributed by atoms with E-state index >= 15 is 0 Å². The standard InChI is InChI=1S/C10H9FN4OS/c1-5-9(17-15-14-5)10(16)13-8-4-6(11)2-3-7(8)12/h2-4H,12H2,1H3,(H,13,16). The zero-order chi connectivity index (χ0) is 12.4. The molecular formula is C10H9FN4OS. The van der Waals surface area contributed by atoms with E-state index in [1.54, 1.807) is 6.92 Å². The Morgan fingerprint density at radius 1 is 1.53 bits per heavy atom. The molecular weight excluding hydrogens is 243 g/mol. The van der Waals surface area contributed by atoms with Crippen LogP contribution in [0, 0.1) is 12.7 Å². The molecule has 17 heavy (non-hydrogen) atoms. The minimum absolute atomic E-state index is 0.239. The van der Waals surface area contributed by atoms with Crippen LogP contribution in [0.25, 0.3) is 0 Å². The highest BCUT2D eigenvalue weighted by Gasteiger charge is 2.14. The number of rotatable bonds is 2. The van der Waals surface area contributed by atoms with E-state index in [9.17, 15) is 9.18 Å². The molecule has 1 amide bonds. The van der Waals surface area contributed by atoms with Crippen LogP contribution in [0.5, 0.6) is 0 Å².